The highest BCUT2D eigenvalue weighted by atomic mass is 16.2. The summed E-state index contributed by atoms with van der Waals surface area (Å²) in [6.07, 6.45) is 4.23. The predicted octanol–water partition coefficient (Wildman–Crippen LogP) is 3.45. The number of fused-ring (bicyclic) bond motifs is 1. The third-order valence-corrected chi connectivity index (χ3v) is 5.41. The molecule has 2 amide bonds. The Kier molecular flexibility index (Phi) is 4.82. The molecule has 0 aliphatic carbocycles. The van der Waals surface area contributed by atoms with E-state index in [4.69, 9.17) is 0 Å². The van der Waals surface area contributed by atoms with Gasteiger partial charge in [0, 0.05) is 68.4 Å². The first-order chi connectivity index (χ1) is 13.5. The molecule has 1 aliphatic heterocycles. The van der Waals surface area contributed by atoms with E-state index in [-0.39, 0.29) is 17.7 Å². The highest BCUT2D eigenvalue weighted by Gasteiger charge is 2.28. The molecule has 5 nitrogen and oxygen atoms in total. The van der Waals surface area contributed by atoms with Crippen LogP contribution in [0, 0.1) is 5.92 Å². The van der Waals surface area contributed by atoms with Crippen molar-refractivity contribution in [2.45, 2.75) is 6.42 Å². The predicted molar refractivity (Wildman–Crippen MR) is 110 cm³/mol. The monoisotopic (exact) mass is 373 g/mol. The first-order valence-corrected chi connectivity index (χ1v) is 9.45. The lowest BCUT2D eigenvalue weighted by atomic mass is 9.99. The molecule has 1 aliphatic rings. The molecule has 1 fully saturated rings. The zero-order valence-electron chi connectivity index (χ0n) is 16.1. The Bertz CT molecular complexity index is 1020. The molecular formula is C23H23N3O2. The van der Waals surface area contributed by atoms with Crippen molar-refractivity contribution in [1.29, 1.82) is 0 Å². The zero-order chi connectivity index (χ0) is 19.7. The standard InChI is InChI=1S/C23H23N3O2/c1-25-14-16(11-22(25)27)15-26(2)23(28)18-9-7-17(8-10-18)21-13-24-12-19-5-3-4-6-20(19)21/h3-10,12-13,16H,11,14-15H2,1-2H3/t16-/m0/s1. The number of hydrogen-bond acceptors (Lipinski definition) is 3. The van der Waals surface area contributed by atoms with Crippen LogP contribution in [-0.4, -0.2) is 53.8 Å². The van der Waals surface area contributed by atoms with Gasteiger partial charge < -0.3 is 9.80 Å². The van der Waals surface area contributed by atoms with Gasteiger partial charge in [0.2, 0.25) is 5.91 Å². The van der Waals surface area contributed by atoms with Crippen molar-refractivity contribution in [3.05, 3.63) is 66.5 Å². The van der Waals surface area contributed by atoms with E-state index in [1.165, 1.54) is 0 Å². The normalized spacial score (nSPS) is 16.6. The average molecular weight is 373 g/mol. The molecule has 1 aromatic heterocycles. The van der Waals surface area contributed by atoms with Gasteiger partial charge in [-0.05, 0) is 23.1 Å². The summed E-state index contributed by atoms with van der Waals surface area (Å²) < 4.78 is 0. The molecule has 3 aromatic rings. The van der Waals surface area contributed by atoms with Gasteiger partial charge in [0.15, 0.2) is 0 Å². The van der Waals surface area contributed by atoms with Crippen LogP contribution in [0.2, 0.25) is 0 Å². The molecule has 4 rings (SSSR count). The van der Waals surface area contributed by atoms with Gasteiger partial charge in [0.05, 0.1) is 0 Å². The topological polar surface area (TPSA) is 53.5 Å². The zero-order valence-corrected chi connectivity index (χ0v) is 16.1. The van der Waals surface area contributed by atoms with E-state index in [0.29, 0.717) is 25.1 Å². The molecule has 2 aromatic carbocycles. The SMILES string of the molecule is CN1C[C@@H](CN(C)C(=O)c2ccc(-c3cncc4ccccc34)cc2)CC1=O. The van der Waals surface area contributed by atoms with Crippen molar-refractivity contribution in [3.8, 4) is 11.1 Å². The molecule has 0 saturated carbocycles. The van der Waals surface area contributed by atoms with E-state index in [1.807, 2.05) is 61.9 Å². The minimum Gasteiger partial charge on any atom is -0.345 e. The number of rotatable bonds is 4. The largest absolute Gasteiger partial charge is 0.345 e. The number of amides is 2. The van der Waals surface area contributed by atoms with E-state index < -0.39 is 0 Å². The minimum atomic E-state index is -0.0235. The van der Waals surface area contributed by atoms with E-state index in [2.05, 4.69) is 11.1 Å². The highest BCUT2D eigenvalue weighted by Crippen LogP contribution is 2.28. The van der Waals surface area contributed by atoms with Crippen LogP contribution < -0.4 is 0 Å². The third kappa shape index (κ3) is 3.48. The second kappa shape index (κ2) is 7.43. The number of benzene rings is 2. The van der Waals surface area contributed by atoms with Crippen molar-refractivity contribution in [2.75, 3.05) is 27.2 Å². The first kappa shape index (κ1) is 18.2. The van der Waals surface area contributed by atoms with Crippen molar-refractivity contribution >= 4 is 22.6 Å². The van der Waals surface area contributed by atoms with Crippen LogP contribution in [0.5, 0.6) is 0 Å². The van der Waals surface area contributed by atoms with Gasteiger partial charge in [-0.15, -0.1) is 0 Å². The Hall–Kier alpha value is -3.21. The summed E-state index contributed by atoms with van der Waals surface area (Å²) in [5.74, 6) is 0.330. The molecule has 2 heterocycles. The summed E-state index contributed by atoms with van der Waals surface area (Å²) in [6, 6.07) is 15.8. The Morgan fingerprint density at radius 3 is 2.61 bits per heavy atom. The molecule has 1 saturated heterocycles. The number of nitrogens with zero attached hydrogens (tertiary/aromatic N) is 3. The fraction of sp³-hybridized carbons (Fsp3) is 0.261. The first-order valence-electron chi connectivity index (χ1n) is 9.45. The van der Waals surface area contributed by atoms with Gasteiger partial charge in [-0.2, -0.15) is 0 Å². The van der Waals surface area contributed by atoms with Crippen molar-refractivity contribution < 1.29 is 9.59 Å². The molecule has 0 bridgehead atoms. The quantitative estimate of drug-likeness (QED) is 0.704. The van der Waals surface area contributed by atoms with Gasteiger partial charge >= 0.3 is 0 Å². The maximum absolute atomic E-state index is 12.8. The van der Waals surface area contributed by atoms with E-state index in [9.17, 15) is 9.59 Å². The smallest absolute Gasteiger partial charge is 0.253 e. The molecule has 28 heavy (non-hydrogen) atoms. The summed E-state index contributed by atoms with van der Waals surface area (Å²) in [4.78, 5) is 32.2. The summed E-state index contributed by atoms with van der Waals surface area (Å²) in [6.45, 7) is 1.30. The summed E-state index contributed by atoms with van der Waals surface area (Å²) in [7, 11) is 3.61. The minimum absolute atomic E-state index is 0.0235. The fourth-order valence-electron chi connectivity index (χ4n) is 3.91. The van der Waals surface area contributed by atoms with Crippen molar-refractivity contribution in [3.63, 3.8) is 0 Å². The van der Waals surface area contributed by atoms with Crippen LogP contribution in [0.15, 0.2) is 60.9 Å². The summed E-state index contributed by atoms with van der Waals surface area (Å²) in [5.41, 5.74) is 2.74. The molecule has 142 valence electrons. The number of likely N-dealkylation sites (tertiary alicyclic amines) is 1. The molecule has 0 spiro atoms. The average Bonchev–Trinajstić information content (AvgIpc) is 3.04. The Morgan fingerprint density at radius 1 is 1.14 bits per heavy atom. The van der Waals surface area contributed by atoms with Crippen LogP contribution in [-0.2, 0) is 4.79 Å². The van der Waals surface area contributed by atoms with E-state index in [1.54, 1.807) is 16.8 Å². The maximum Gasteiger partial charge on any atom is 0.253 e. The Balaban J connectivity index is 1.51. The van der Waals surface area contributed by atoms with E-state index >= 15 is 0 Å². The van der Waals surface area contributed by atoms with Gasteiger partial charge in [-0.3, -0.25) is 14.6 Å². The number of aromatic nitrogens is 1. The van der Waals surface area contributed by atoms with Crippen LogP contribution >= 0.6 is 0 Å². The fourth-order valence-corrected chi connectivity index (χ4v) is 3.91. The lowest BCUT2D eigenvalue weighted by Gasteiger charge is -2.21. The van der Waals surface area contributed by atoms with Crippen LogP contribution in [0.3, 0.4) is 0 Å². The second-order valence-corrected chi connectivity index (χ2v) is 7.52. The van der Waals surface area contributed by atoms with Gasteiger partial charge in [0.25, 0.3) is 5.91 Å². The number of hydrogen-bond donors (Lipinski definition) is 0. The van der Waals surface area contributed by atoms with Crippen LogP contribution in [0.4, 0.5) is 0 Å². The highest BCUT2D eigenvalue weighted by molar-refractivity contribution is 5.97. The molecule has 0 radical (unpaired) electrons. The number of carbonyl (C=O) groups is 2. The molecular weight excluding hydrogens is 350 g/mol. The molecule has 0 unspecified atom stereocenters. The lowest BCUT2D eigenvalue weighted by Crippen LogP contribution is -2.32. The van der Waals surface area contributed by atoms with Gasteiger partial charge in [-0.25, -0.2) is 0 Å². The van der Waals surface area contributed by atoms with Crippen molar-refractivity contribution in [1.82, 2.24) is 14.8 Å². The lowest BCUT2D eigenvalue weighted by molar-refractivity contribution is -0.126. The van der Waals surface area contributed by atoms with Crippen molar-refractivity contribution in [2.24, 2.45) is 5.92 Å². The molecule has 0 N–H and O–H groups in total. The van der Waals surface area contributed by atoms with E-state index in [0.717, 1.165) is 21.9 Å². The van der Waals surface area contributed by atoms with Crippen LogP contribution in [0.1, 0.15) is 16.8 Å². The maximum atomic E-state index is 12.8. The molecule has 1 atom stereocenters. The summed E-state index contributed by atoms with van der Waals surface area (Å²) in [5, 5.41) is 2.24. The third-order valence-electron chi connectivity index (χ3n) is 5.41. The van der Waals surface area contributed by atoms with Gasteiger partial charge in [0.1, 0.15) is 0 Å². The van der Waals surface area contributed by atoms with Crippen LogP contribution in [0.25, 0.3) is 21.9 Å². The summed E-state index contributed by atoms with van der Waals surface area (Å²) >= 11 is 0. The van der Waals surface area contributed by atoms with Gasteiger partial charge in [-0.1, -0.05) is 36.4 Å². The second-order valence-electron chi connectivity index (χ2n) is 7.52. The Morgan fingerprint density at radius 2 is 1.89 bits per heavy atom. The number of pyridine rings is 1. The number of carbonyl (C=O) groups excluding carboxylic acids is 2. The Labute approximate surface area is 164 Å². The molecule has 5 heteroatoms.